The van der Waals surface area contributed by atoms with Gasteiger partial charge >= 0.3 is 5.97 Å². The molecule has 47 heavy (non-hydrogen) atoms. The maximum absolute atomic E-state index is 14.1. The molecule has 5 aliphatic rings. The molecular weight excluding hydrogens is 602 g/mol. The number of esters is 1. The molecular formula is C34H57N7O6. The lowest BCUT2D eigenvalue weighted by Gasteiger charge is -2.40. The van der Waals surface area contributed by atoms with Crippen molar-refractivity contribution in [1.82, 2.24) is 30.7 Å². The third kappa shape index (κ3) is 8.71. The Kier molecular flexibility index (Phi) is 13.8. The first kappa shape index (κ1) is 38.0. The van der Waals surface area contributed by atoms with Gasteiger partial charge in [-0.25, -0.2) is 4.79 Å². The van der Waals surface area contributed by atoms with Gasteiger partial charge in [0.25, 0.3) is 5.91 Å². The van der Waals surface area contributed by atoms with E-state index < -0.39 is 46.9 Å². The van der Waals surface area contributed by atoms with Crippen molar-refractivity contribution in [1.29, 1.82) is 0 Å². The summed E-state index contributed by atoms with van der Waals surface area (Å²) in [6.07, 6.45) is 13.8. The van der Waals surface area contributed by atoms with Crippen LogP contribution in [0.25, 0.3) is 0 Å². The molecule has 4 unspecified atom stereocenters. The van der Waals surface area contributed by atoms with Gasteiger partial charge in [0.05, 0.1) is 39.0 Å². The highest BCUT2D eigenvalue weighted by molar-refractivity contribution is 5.97. The van der Waals surface area contributed by atoms with Crippen LogP contribution in [0.15, 0.2) is 16.9 Å². The SMILES string of the molecule is C1CCCCC1.CC.CCN1C(=O)C2CCCN2C12CC(C(=O)OC)N(C(=O)C(NC(=O)CNC(=O)C1=CN=CCN1)C(C)(C)C)C2. The molecule has 3 N–H and O–H groups in total. The van der Waals surface area contributed by atoms with Crippen LogP contribution in [0.3, 0.4) is 0 Å². The van der Waals surface area contributed by atoms with Gasteiger partial charge in [0.1, 0.15) is 23.4 Å². The van der Waals surface area contributed by atoms with E-state index in [1.54, 1.807) is 11.1 Å². The number of amides is 4. The van der Waals surface area contributed by atoms with Gasteiger partial charge in [-0.1, -0.05) is 73.1 Å². The second-order valence-electron chi connectivity index (χ2n) is 13.6. The summed E-state index contributed by atoms with van der Waals surface area (Å²) < 4.78 is 5.08. The van der Waals surface area contributed by atoms with Gasteiger partial charge in [-0.3, -0.25) is 29.1 Å². The number of fused-ring (bicyclic) bond motifs is 2. The van der Waals surface area contributed by atoms with E-state index in [0.717, 1.165) is 12.8 Å². The fourth-order valence-electron chi connectivity index (χ4n) is 7.22. The van der Waals surface area contributed by atoms with Crippen molar-refractivity contribution in [2.24, 2.45) is 10.4 Å². The highest BCUT2D eigenvalue weighted by Gasteiger charge is 2.64. The van der Waals surface area contributed by atoms with Crippen molar-refractivity contribution in [2.75, 3.05) is 39.8 Å². The molecule has 13 nitrogen and oxygen atoms in total. The number of methoxy groups -OCH3 is 1. The van der Waals surface area contributed by atoms with Crippen LogP contribution in [0.1, 0.15) is 99.3 Å². The third-order valence-electron chi connectivity index (χ3n) is 9.50. The number of aliphatic imine (C=N–C) groups is 1. The average molecular weight is 660 g/mol. The van der Waals surface area contributed by atoms with Gasteiger partial charge in [-0.15, -0.1) is 0 Å². The molecule has 0 radical (unpaired) electrons. The summed E-state index contributed by atoms with van der Waals surface area (Å²) in [6.45, 7) is 12.7. The van der Waals surface area contributed by atoms with Crippen molar-refractivity contribution in [3.63, 3.8) is 0 Å². The molecule has 3 saturated heterocycles. The number of ether oxygens (including phenoxy) is 1. The Bertz CT molecular complexity index is 1180. The largest absolute Gasteiger partial charge is 0.467 e. The maximum atomic E-state index is 14.1. The number of carbonyl (C=O) groups is 5. The highest BCUT2D eigenvalue weighted by Crippen LogP contribution is 2.46. The number of likely N-dealkylation sites (tertiary alicyclic amines) is 1. The second kappa shape index (κ2) is 17.1. The number of nitrogens with one attached hydrogen (secondary N) is 3. The summed E-state index contributed by atoms with van der Waals surface area (Å²) in [5, 5.41) is 8.17. The molecule has 0 aromatic carbocycles. The van der Waals surface area contributed by atoms with Crippen molar-refractivity contribution in [2.45, 2.75) is 123 Å². The van der Waals surface area contributed by atoms with Gasteiger partial charge in [-0.2, -0.15) is 0 Å². The molecule has 0 aromatic heterocycles. The van der Waals surface area contributed by atoms with E-state index in [2.05, 4.69) is 25.8 Å². The summed E-state index contributed by atoms with van der Waals surface area (Å²) in [6, 6.07) is -2.16. The zero-order valence-corrected chi connectivity index (χ0v) is 29.5. The fraction of sp³-hybridized carbons (Fsp3) is 0.765. The lowest BCUT2D eigenvalue weighted by molar-refractivity contribution is -0.153. The number of rotatable bonds is 7. The van der Waals surface area contributed by atoms with E-state index in [4.69, 9.17) is 4.74 Å². The zero-order valence-electron chi connectivity index (χ0n) is 29.5. The maximum Gasteiger partial charge on any atom is 0.328 e. The van der Waals surface area contributed by atoms with E-state index in [9.17, 15) is 24.0 Å². The molecule has 4 atom stereocenters. The standard InChI is InChI=1S/C26H39N7O6.C6H12.C2H6/c1-6-32-22(36)17-8-7-11-33(17)26(32)12-18(24(38)39-5)31(15-26)23(37)20(25(2,3)4)30-19(34)14-29-21(35)16-13-27-9-10-28-16;1-2-4-6-5-3-1;1-2/h9,13,17-18,20,28H,6-8,10-12,14-15H2,1-5H3,(H,29,35)(H,30,34);1-6H2;1-2H3. The molecule has 4 fully saturated rings. The average Bonchev–Trinajstić information content (AvgIpc) is 3.79. The molecule has 13 heteroatoms. The first-order chi connectivity index (χ1) is 22.4. The Labute approximate surface area is 280 Å². The monoisotopic (exact) mass is 659 g/mol. The molecule has 1 spiro atoms. The number of likely N-dealkylation sites (N-methyl/N-ethyl adjacent to an activating group) is 1. The van der Waals surface area contributed by atoms with E-state index in [-0.39, 0.29) is 37.2 Å². The molecule has 0 bridgehead atoms. The van der Waals surface area contributed by atoms with Crippen molar-refractivity contribution < 1.29 is 28.7 Å². The fourth-order valence-corrected chi connectivity index (χ4v) is 7.22. The predicted molar refractivity (Wildman–Crippen MR) is 180 cm³/mol. The minimum absolute atomic E-state index is 0.0255. The quantitative estimate of drug-likeness (QED) is 0.352. The lowest BCUT2D eigenvalue weighted by atomic mass is 9.85. The molecule has 4 heterocycles. The Morgan fingerprint density at radius 2 is 1.72 bits per heavy atom. The smallest absolute Gasteiger partial charge is 0.328 e. The summed E-state index contributed by atoms with van der Waals surface area (Å²) in [5.41, 5.74) is -1.28. The van der Waals surface area contributed by atoms with Crippen LogP contribution in [0, 0.1) is 5.41 Å². The van der Waals surface area contributed by atoms with Crippen LogP contribution < -0.4 is 16.0 Å². The summed E-state index contributed by atoms with van der Waals surface area (Å²) in [5.74, 6) is -2.01. The van der Waals surface area contributed by atoms with Gasteiger partial charge in [0.15, 0.2) is 0 Å². The topological polar surface area (TPSA) is 153 Å². The molecule has 0 aromatic rings. The van der Waals surface area contributed by atoms with Gasteiger partial charge < -0.3 is 30.5 Å². The Morgan fingerprint density at radius 1 is 1.09 bits per heavy atom. The minimum atomic E-state index is -0.998. The van der Waals surface area contributed by atoms with Crippen LogP contribution in [0.4, 0.5) is 0 Å². The number of nitrogens with zero attached hydrogens (tertiary/aromatic N) is 4. The minimum Gasteiger partial charge on any atom is -0.467 e. The Hall–Kier alpha value is -3.48. The van der Waals surface area contributed by atoms with Crippen molar-refractivity contribution in [3.05, 3.63) is 11.9 Å². The number of hydrogen-bond donors (Lipinski definition) is 3. The van der Waals surface area contributed by atoms with Crippen molar-refractivity contribution in [3.8, 4) is 0 Å². The van der Waals surface area contributed by atoms with Crippen LogP contribution in [-0.2, 0) is 28.7 Å². The van der Waals surface area contributed by atoms with E-state index in [1.807, 2.05) is 41.5 Å². The highest BCUT2D eigenvalue weighted by atomic mass is 16.5. The van der Waals surface area contributed by atoms with E-state index in [1.165, 1.54) is 56.7 Å². The van der Waals surface area contributed by atoms with E-state index >= 15 is 0 Å². The first-order valence-corrected chi connectivity index (χ1v) is 17.4. The molecule has 4 amide bonds. The van der Waals surface area contributed by atoms with Crippen LogP contribution in [0.5, 0.6) is 0 Å². The normalized spacial score (nSPS) is 25.8. The predicted octanol–water partition coefficient (Wildman–Crippen LogP) is 2.31. The van der Waals surface area contributed by atoms with Gasteiger partial charge in [0, 0.05) is 25.7 Å². The summed E-state index contributed by atoms with van der Waals surface area (Å²) in [4.78, 5) is 74.9. The molecule has 4 aliphatic heterocycles. The second-order valence-corrected chi connectivity index (χ2v) is 13.6. The molecule has 1 saturated carbocycles. The number of carbonyl (C=O) groups excluding carboxylic acids is 5. The summed E-state index contributed by atoms with van der Waals surface area (Å²) >= 11 is 0. The number of hydrogen-bond acceptors (Lipinski definition) is 9. The zero-order chi connectivity index (χ0) is 34.8. The van der Waals surface area contributed by atoms with Crippen LogP contribution in [-0.4, -0.2) is 114 Å². The third-order valence-corrected chi connectivity index (χ3v) is 9.50. The van der Waals surface area contributed by atoms with Crippen molar-refractivity contribution >= 4 is 35.8 Å². The lowest BCUT2D eigenvalue weighted by Crippen LogP contribution is -2.60. The Balaban J connectivity index is 0.000000664. The van der Waals surface area contributed by atoms with Crippen LogP contribution >= 0.6 is 0 Å². The molecule has 5 rings (SSSR count). The van der Waals surface area contributed by atoms with Gasteiger partial charge in [0.2, 0.25) is 17.7 Å². The van der Waals surface area contributed by atoms with Gasteiger partial charge in [-0.05, 0) is 25.2 Å². The molecule has 1 aliphatic carbocycles. The Morgan fingerprint density at radius 3 is 2.26 bits per heavy atom. The molecule has 264 valence electrons. The summed E-state index contributed by atoms with van der Waals surface area (Å²) in [7, 11) is 1.28. The van der Waals surface area contributed by atoms with E-state index in [0.29, 0.717) is 19.6 Å². The van der Waals surface area contributed by atoms with Crippen LogP contribution in [0.2, 0.25) is 0 Å². The first-order valence-electron chi connectivity index (χ1n) is 17.4.